The van der Waals surface area contributed by atoms with Crippen LogP contribution in [0.5, 0.6) is 0 Å². The maximum absolute atomic E-state index is 13.1. The predicted octanol–water partition coefficient (Wildman–Crippen LogP) is 3.04. The Labute approximate surface area is 149 Å². The summed E-state index contributed by atoms with van der Waals surface area (Å²) < 4.78 is 5.16. The van der Waals surface area contributed by atoms with E-state index in [1.165, 1.54) is 0 Å². The third-order valence-electron chi connectivity index (χ3n) is 4.78. The van der Waals surface area contributed by atoms with Gasteiger partial charge in [-0.05, 0) is 42.5 Å². The summed E-state index contributed by atoms with van der Waals surface area (Å²) in [5, 5.41) is 10.5. The fourth-order valence-electron chi connectivity index (χ4n) is 3.52. The molecule has 1 saturated heterocycles. The van der Waals surface area contributed by atoms with E-state index in [9.17, 15) is 9.90 Å². The molecule has 0 unspecified atom stereocenters. The average molecular weight is 339 g/mol. The molecule has 25 heavy (non-hydrogen) atoms. The molecule has 4 nitrogen and oxygen atoms in total. The fraction of sp³-hybridized carbons (Fsp3) is 0.381. The van der Waals surface area contributed by atoms with Gasteiger partial charge in [0.1, 0.15) is 0 Å². The van der Waals surface area contributed by atoms with Gasteiger partial charge in [-0.15, -0.1) is 0 Å². The lowest BCUT2D eigenvalue weighted by Gasteiger charge is -2.39. The molecule has 1 aliphatic rings. The summed E-state index contributed by atoms with van der Waals surface area (Å²) in [7, 11) is 1.64. The fourth-order valence-corrected chi connectivity index (χ4v) is 3.52. The zero-order valence-electron chi connectivity index (χ0n) is 14.6. The monoisotopic (exact) mass is 339 g/mol. The van der Waals surface area contributed by atoms with E-state index in [0.717, 1.165) is 24.0 Å². The topological polar surface area (TPSA) is 49.8 Å². The molecule has 2 aromatic carbocycles. The molecule has 2 aromatic rings. The highest BCUT2D eigenvalue weighted by Gasteiger charge is 2.33. The summed E-state index contributed by atoms with van der Waals surface area (Å²) in [6.07, 6.45) is 1.76. The Morgan fingerprint density at radius 2 is 1.92 bits per heavy atom. The minimum absolute atomic E-state index is 0.0161. The number of aliphatic hydroxyl groups excluding tert-OH is 1. The van der Waals surface area contributed by atoms with E-state index in [1.807, 2.05) is 59.5 Å². The van der Waals surface area contributed by atoms with Gasteiger partial charge in [-0.3, -0.25) is 4.79 Å². The summed E-state index contributed by atoms with van der Waals surface area (Å²) in [4.78, 5) is 14.9. The highest BCUT2D eigenvalue weighted by molar-refractivity contribution is 5.94. The zero-order valence-corrected chi connectivity index (χ0v) is 14.6. The van der Waals surface area contributed by atoms with Gasteiger partial charge < -0.3 is 14.7 Å². The van der Waals surface area contributed by atoms with Gasteiger partial charge in [0.2, 0.25) is 0 Å². The maximum atomic E-state index is 13.1. The zero-order chi connectivity index (χ0) is 17.6. The van der Waals surface area contributed by atoms with E-state index < -0.39 is 6.10 Å². The van der Waals surface area contributed by atoms with Gasteiger partial charge >= 0.3 is 0 Å². The number of hydrogen-bond donors (Lipinski definition) is 1. The Bertz CT molecular complexity index is 701. The molecule has 1 amide bonds. The number of aliphatic hydroxyl groups is 1. The van der Waals surface area contributed by atoms with Crippen LogP contribution in [-0.4, -0.2) is 41.7 Å². The number of methoxy groups -OCH3 is 1. The van der Waals surface area contributed by atoms with Crippen LogP contribution in [0.4, 0.5) is 0 Å². The van der Waals surface area contributed by atoms with Crippen LogP contribution in [0, 0.1) is 0 Å². The van der Waals surface area contributed by atoms with E-state index in [1.54, 1.807) is 7.11 Å². The van der Waals surface area contributed by atoms with Crippen LogP contribution in [-0.2, 0) is 17.8 Å². The van der Waals surface area contributed by atoms with Crippen molar-refractivity contribution in [3.8, 4) is 0 Å². The Morgan fingerprint density at radius 3 is 2.68 bits per heavy atom. The van der Waals surface area contributed by atoms with Crippen LogP contribution in [0.2, 0.25) is 0 Å². The van der Waals surface area contributed by atoms with Crippen molar-refractivity contribution in [2.45, 2.75) is 38.0 Å². The second-order valence-corrected chi connectivity index (χ2v) is 6.60. The molecule has 132 valence electrons. The van der Waals surface area contributed by atoms with Crippen molar-refractivity contribution >= 4 is 5.91 Å². The van der Waals surface area contributed by atoms with Crippen LogP contribution in [0.25, 0.3) is 0 Å². The number of piperidine rings is 1. The molecule has 1 fully saturated rings. The van der Waals surface area contributed by atoms with E-state index in [4.69, 9.17) is 4.74 Å². The quantitative estimate of drug-likeness (QED) is 0.911. The van der Waals surface area contributed by atoms with Crippen molar-refractivity contribution in [2.24, 2.45) is 0 Å². The molecule has 0 aliphatic carbocycles. The lowest BCUT2D eigenvalue weighted by molar-refractivity contribution is 0.0118. The molecule has 0 radical (unpaired) electrons. The number of rotatable bonds is 5. The van der Waals surface area contributed by atoms with Crippen molar-refractivity contribution in [1.29, 1.82) is 0 Å². The minimum Gasteiger partial charge on any atom is -0.391 e. The Hall–Kier alpha value is -2.17. The highest BCUT2D eigenvalue weighted by Crippen LogP contribution is 2.24. The molecule has 0 spiro atoms. The number of ether oxygens (including phenoxy) is 1. The summed E-state index contributed by atoms with van der Waals surface area (Å²) >= 11 is 0. The Morgan fingerprint density at radius 1 is 1.16 bits per heavy atom. The number of benzene rings is 2. The summed E-state index contributed by atoms with van der Waals surface area (Å²) in [6.45, 7) is 1.17. The first kappa shape index (κ1) is 17.6. The smallest absolute Gasteiger partial charge is 0.254 e. The summed E-state index contributed by atoms with van der Waals surface area (Å²) in [6, 6.07) is 17.4. The molecular weight excluding hydrogens is 314 g/mol. The molecular formula is C21H25NO3. The minimum atomic E-state index is -0.486. The molecule has 3 rings (SSSR count). The van der Waals surface area contributed by atoms with E-state index >= 15 is 0 Å². The number of carbonyl (C=O) groups excluding carboxylic acids is 1. The maximum Gasteiger partial charge on any atom is 0.254 e. The van der Waals surface area contributed by atoms with Crippen LogP contribution < -0.4 is 0 Å². The van der Waals surface area contributed by atoms with Crippen molar-refractivity contribution in [3.63, 3.8) is 0 Å². The van der Waals surface area contributed by atoms with Crippen molar-refractivity contribution in [2.75, 3.05) is 13.7 Å². The molecule has 1 N–H and O–H groups in total. The van der Waals surface area contributed by atoms with E-state index in [0.29, 0.717) is 25.1 Å². The molecule has 1 heterocycles. The predicted molar refractivity (Wildman–Crippen MR) is 97.4 cm³/mol. The second-order valence-electron chi connectivity index (χ2n) is 6.60. The third-order valence-corrected chi connectivity index (χ3v) is 4.78. The molecule has 0 aromatic heterocycles. The number of nitrogens with zero attached hydrogens (tertiary/aromatic N) is 1. The lowest BCUT2D eigenvalue weighted by atomic mass is 9.92. The Kier molecular flexibility index (Phi) is 5.84. The van der Waals surface area contributed by atoms with Gasteiger partial charge in [-0.25, -0.2) is 0 Å². The van der Waals surface area contributed by atoms with Gasteiger partial charge in [0.25, 0.3) is 5.91 Å². The lowest BCUT2D eigenvalue weighted by Crippen LogP contribution is -2.52. The molecule has 1 aliphatic heterocycles. The number of hydrogen-bond acceptors (Lipinski definition) is 3. The van der Waals surface area contributed by atoms with Crippen molar-refractivity contribution in [3.05, 3.63) is 71.3 Å². The van der Waals surface area contributed by atoms with Crippen LogP contribution >= 0.6 is 0 Å². The third kappa shape index (κ3) is 4.27. The Balaban J connectivity index is 1.82. The van der Waals surface area contributed by atoms with Gasteiger partial charge in [-0.1, -0.05) is 42.5 Å². The van der Waals surface area contributed by atoms with E-state index in [2.05, 4.69) is 0 Å². The van der Waals surface area contributed by atoms with Crippen LogP contribution in [0.3, 0.4) is 0 Å². The molecule has 0 saturated carbocycles. The van der Waals surface area contributed by atoms with Gasteiger partial charge in [0.15, 0.2) is 0 Å². The first-order chi connectivity index (χ1) is 12.2. The summed E-state index contributed by atoms with van der Waals surface area (Å²) in [5.74, 6) is -0.0161. The largest absolute Gasteiger partial charge is 0.391 e. The second kappa shape index (κ2) is 8.28. The SMILES string of the molecule is COCc1cccc(C(=O)N2CCC[C@H](O)[C@@H]2Cc2ccccc2)c1. The summed E-state index contributed by atoms with van der Waals surface area (Å²) in [5.41, 5.74) is 2.77. The first-order valence-corrected chi connectivity index (χ1v) is 8.80. The normalized spacial score (nSPS) is 20.5. The molecule has 0 bridgehead atoms. The van der Waals surface area contributed by atoms with Crippen LogP contribution in [0.15, 0.2) is 54.6 Å². The van der Waals surface area contributed by atoms with Crippen molar-refractivity contribution < 1.29 is 14.6 Å². The van der Waals surface area contributed by atoms with Gasteiger partial charge in [0, 0.05) is 19.2 Å². The average Bonchev–Trinajstić information content (AvgIpc) is 2.64. The highest BCUT2D eigenvalue weighted by atomic mass is 16.5. The van der Waals surface area contributed by atoms with Gasteiger partial charge in [0.05, 0.1) is 18.8 Å². The molecule has 4 heteroatoms. The van der Waals surface area contributed by atoms with Crippen LogP contribution in [0.1, 0.15) is 34.3 Å². The van der Waals surface area contributed by atoms with Crippen molar-refractivity contribution in [1.82, 2.24) is 4.90 Å². The number of carbonyl (C=O) groups is 1. The molecule has 2 atom stereocenters. The van der Waals surface area contributed by atoms with E-state index in [-0.39, 0.29) is 11.9 Å². The number of amides is 1. The first-order valence-electron chi connectivity index (χ1n) is 8.80. The number of likely N-dealkylation sites (tertiary alicyclic amines) is 1. The van der Waals surface area contributed by atoms with Gasteiger partial charge in [-0.2, -0.15) is 0 Å². The standard InChI is InChI=1S/C21H25NO3/c1-25-15-17-9-5-10-18(13-17)21(24)22-12-6-11-20(23)19(22)14-16-7-3-2-4-8-16/h2-5,7-10,13,19-20,23H,6,11-12,14-15H2,1H3/t19-,20-/m0/s1.